The number of carbonyl (C=O) groups is 1. The average molecular weight is 531 g/mol. The summed E-state index contributed by atoms with van der Waals surface area (Å²) in [5.74, 6) is 0.814. The third kappa shape index (κ3) is 4.16. The number of hydrogen-bond acceptors (Lipinski definition) is 5. The molecule has 0 saturated carbocycles. The van der Waals surface area contributed by atoms with Crippen molar-refractivity contribution < 1.29 is 27.4 Å². The Kier molecular flexibility index (Phi) is 5.98. The van der Waals surface area contributed by atoms with E-state index < -0.39 is 17.3 Å². The summed E-state index contributed by atoms with van der Waals surface area (Å²) < 4.78 is 51.7. The molecule has 2 heterocycles. The van der Waals surface area contributed by atoms with Crippen molar-refractivity contribution in [2.45, 2.75) is 18.7 Å². The standard InChI is InChI=1S/C31H25F3N2O3/c1-2-36(17-16-35-21-9-7-8-20(18-21)31(32,33)34)22-14-15-26-28(19-22)38-27-13-6-5-12-25(27)30(26)24-11-4-3-10-23(24)29(37)39-30/h3-15,18-19,35H,2,16-17H2,1H3. The molecule has 0 radical (unpaired) electrons. The molecule has 0 aromatic heterocycles. The molecule has 8 heteroatoms. The first-order chi connectivity index (χ1) is 18.8. The molecule has 4 aromatic carbocycles. The fraction of sp³-hybridized carbons (Fsp3) is 0.194. The third-order valence-corrected chi connectivity index (χ3v) is 7.25. The van der Waals surface area contributed by atoms with E-state index >= 15 is 0 Å². The highest BCUT2D eigenvalue weighted by molar-refractivity contribution is 5.97. The molecule has 1 unspecified atom stereocenters. The molecular weight excluding hydrogens is 505 g/mol. The number of benzene rings is 4. The summed E-state index contributed by atoms with van der Waals surface area (Å²) in [4.78, 5) is 15.1. The second-order valence-electron chi connectivity index (χ2n) is 9.48. The van der Waals surface area contributed by atoms with Gasteiger partial charge in [0, 0.05) is 53.8 Å². The van der Waals surface area contributed by atoms with Gasteiger partial charge in [0.15, 0.2) is 5.60 Å². The van der Waals surface area contributed by atoms with Crippen molar-refractivity contribution in [1.29, 1.82) is 0 Å². The minimum Gasteiger partial charge on any atom is -0.456 e. The van der Waals surface area contributed by atoms with Crippen LogP contribution < -0.4 is 15.0 Å². The van der Waals surface area contributed by atoms with Crippen LogP contribution in [0.15, 0.2) is 91.0 Å². The molecule has 2 aliphatic rings. The molecule has 4 aromatic rings. The van der Waals surface area contributed by atoms with Crippen LogP contribution in [-0.4, -0.2) is 25.6 Å². The number of carbonyl (C=O) groups excluding carboxylic acids is 1. The van der Waals surface area contributed by atoms with Gasteiger partial charge in [-0.05, 0) is 49.4 Å². The van der Waals surface area contributed by atoms with Crippen LogP contribution in [0.5, 0.6) is 11.5 Å². The molecule has 0 aliphatic carbocycles. The van der Waals surface area contributed by atoms with Gasteiger partial charge in [0.2, 0.25) is 0 Å². The Balaban J connectivity index is 1.30. The lowest BCUT2D eigenvalue weighted by molar-refractivity contribution is -0.137. The molecule has 39 heavy (non-hydrogen) atoms. The summed E-state index contributed by atoms with van der Waals surface area (Å²) in [5.41, 5.74) is 2.30. The summed E-state index contributed by atoms with van der Waals surface area (Å²) in [7, 11) is 0. The molecule has 0 bridgehead atoms. The fourth-order valence-electron chi connectivity index (χ4n) is 5.42. The normalized spacial score (nSPS) is 17.1. The molecular formula is C31H25F3N2O3. The SMILES string of the molecule is CCN(CCNc1cccc(C(F)(F)F)c1)c1ccc2c(c1)Oc1ccccc1C21OC(=O)c2ccccc21. The number of alkyl halides is 3. The zero-order valence-corrected chi connectivity index (χ0v) is 21.1. The summed E-state index contributed by atoms with van der Waals surface area (Å²) in [6.45, 7) is 3.66. The van der Waals surface area contributed by atoms with Crippen molar-refractivity contribution in [3.63, 3.8) is 0 Å². The van der Waals surface area contributed by atoms with Crippen molar-refractivity contribution >= 4 is 17.3 Å². The quantitative estimate of drug-likeness (QED) is 0.267. The van der Waals surface area contributed by atoms with Gasteiger partial charge in [0.05, 0.1) is 11.1 Å². The molecule has 5 nitrogen and oxygen atoms in total. The van der Waals surface area contributed by atoms with Gasteiger partial charge in [-0.2, -0.15) is 13.2 Å². The molecule has 1 N–H and O–H groups in total. The zero-order valence-electron chi connectivity index (χ0n) is 21.1. The van der Waals surface area contributed by atoms with Crippen LogP contribution in [0, 0.1) is 0 Å². The number of nitrogens with zero attached hydrogens (tertiary/aromatic N) is 1. The Hall–Kier alpha value is -4.46. The number of nitrogens with one attached hydrogen (secondary N) is 1. The number of rotatable bonds is 6. The maximum atomic E-state index is 13.1. The molecule has 198 valence electrons. The minimum atomic E-state index is -4.39. The predicted octanol–water partition coefficient (Wildman–Crippen LogP) is 7.21. The van der Waals surface area contributed by atoms with Crippen LogP contribution >= 0.6 is 0 Å². The summed E-state index contributed by atoms with van der Waals surface area (Å²) in [6, 6.07) is 25.9. The van der Waals surface area contributed by atoms with E-state index in [1.807, 2.05) is 67.6 Å². The van der Waals surface area contributed by atoms with E-state index in [1.165, 1.54) is 6.07 Å². The minimum absolute atomic E-state index is 0.381. The van der Waals surface area contributed by atoms with Crippen LogP contribution in [-0.2, 0) is 16.5 Å². The molecule has 2 aliphatic heterocycles. The lowest BCUT2D eigenvalue weighted by Crippen LogP contribution is -2.33. The second kappa shape index (κ2) is 9.38. The van der Waals surface area contributed by atoms with Gasteiger partial charge >= 0.3 is 12.1 Å². The van der Waals surface area contributed by atoms with E-state index in [4.69, 9.17) is 9.47 Å². The van der Waals surface area contributed by atoms with E-state index in [-0.39, 0.29) is 5.97 Å². The van der Waals surface area contributed by atoms with Crippen molar-refractivity contribution in [3.05, 3.63) is 119 Å². The summed E-state index contributed by atoms with van der Waals surface area (Å²) >= 11 is 0. The number of anilines is 2. The van der Waals surface area contributed by atoms with Gasteiger partial charge < -0.3 is 19.7 Å². The number of para-hydroxylation sites is 1. The van der Waals surface area contributed by atoms with Crippen LogP contribution in [0.2, 0.25) is 0 Å². The lowest BCUT2D eigenvalue weighted by atomic mass is 9.77. The molecule has 1 atom stereocenters. The maximum Gasteiger partial charge on any atom is 0.416 e. The van der Waals surface area contributed by atoms with Gasteiger partial charge in [-0.1, -0.05) is 42.5 Å². The molecule has 1 spiro atoms. The summed E-state index contributed by atoms with van der Waals surface area (Å²) in [6.07, 6.45) is -4.39. The largest absolute Gasteiger partial charge is 0.456 e. The highest BCUT2D eigenvalue weighted by Crippen LogP contribution is 2.56. The van der Waals surface area contributed by atoms with Crippen LogP contribution in [0.4, 0.5) is 24.5 Å². The number of fused-ring (bicyclic) bond motifs is 6. The third-order valence-electron chi connectivity index (χ3n) is 7.25. The van der Waals surface area contributed by atoms with Gasteiger partial charge in [-0.3, -0.25) is 0 Å². The van der Waals surface area contributed by atoms with Crippen molar-refractivity contribution in [1.82, 2.24) is 0 Å². The van der Waals surface area contributed by atoms with Gasteiger partial charge in [-0.15, -0.1) is 0 Å². The maximum absolute atomic E-state index is 13.1. The monoisotopic (exact) mass is 530 g/mol. The fourth-order valence-corrected chi connectivity index (χ4v) is 5.42. The van der Waals surface area contributed by atoms with Crippen molar-refractivity contribution in [2.24, 2.45) is 0 Å². The summed E-state index contributed by atoms with van der Waals surface area (Å²) in [5, 5.41) is 3.09. The van der Waals surface area contributed by atoms with E-state index in [9.17, 15) is 18.0 Å². The molecule has 0 fully saturated rings. The first-order valence-corrected chi connectivity index (χ1v) is 12.7. The smallest absolute Gasteiger partial charge is 0.416 e. The predicted molar refractivity (Wildman–Crippen MR) is 143 cm³/mol. The lowest BCUT2D eigenvalue weighted by Gasteiger charge is -2.37. The second-order valence-corrected chi connectivity index (χ2v) is 9.48. The first kappa shape index (κ1) is 24.9. The van der Waals surface area contributed by atoms with Gasteiger partial charge in [-0.25, -0.2) is 4.79 Å². The number of esters is 1. The van der Waals surface area contributed by atoms with E-state index in [1.54, 1.807) is 12.1 Å². The van der Waals surface area contributed by atoms with Crippen LogP contribution in [0.1, 0.15) is 39.5 Å². The number of hydrogen-bond donors (Lipinski definition) is 1. The van der Waals surface area contributed by atoms with Crippen LogP contribution in [0.25, 0.3) is 0 Å². The Labute approximate surface area is 223 Å². The molecule has 0 saturated heterocycles. The molecule has 0 amide bonds. The average Bonchev–Trinajstić information content (AvgIpc) is 3.23. The molecule has 6 rings (SSSR count). The zero-order chi connectivity index (χ0) is 27.2. The number of ether oxygens (including phenoxy) is 2. The van der Waals surface area contributed by atoms with E-state index in [2.05, 4.69) is 10.2 Å². The Morgan fingerprint density at radius 3 is 2.38 bits per heavy atom. The van der Waals surface area contributed by atoms with Crippen molar-refractivity contribution in [3.8, 4) is 11.5 Å². The highest BCUT2D eigenvalue weighted by Gasteiger charge is 2.53. The van der Waals surface area contributed by atoms with Gasteiger partial charge in [0.25, 0.3) is 0 Å². The van der Waals surface area contributed by atoms with E-state index in [0.29, 0.717) is 42.4 Å². The first-order valence-electron chi connectivity index (χ1n) is 12.7. The van der Waals surface area contributed by atoms with Gasteiger partial charge in [0.1, 0.15) is 11.5 Å². The Morgan fingerprint density at radius 1 is 0.846 bits per heavy atom. The Morgan fingerprint density at radius 2 is 1.59 bits per heavy atom. The highest BCUT2D eigenvalue weighted by atomic mass is 19.4. The van der Waals surface area contributed by atoms with E-state index in [0.717, 1.165) is 34.5 Å². The number of halogens is 3. The topological polar surface area (TPSA) is 50.8 Å². The Bertz CT molecular complexity index is 1570. The van der Waals surface area contributed by atoms with Crippen LogP contribution in [0.3, 0.4) is 0 Å². The number of likely N-dealkylation sites (N-methyl/N-ethyl adjacent to an activating group) is 1. The van der Waals surface area contributed by atoms with Crippen molar-refractivity contribution in [2.75, 3.05) is 29.9 Å².